The molecule has 4 heteroatoms. The molecule has 0 saturated carbocycles. The smallest absolute Gasteiger partial charge is 0.129 e. The number of alkyl halides is 1. The summed E-state index contributed by atoms with van der Waals surface area (Å²) >= 11 is 5.81. The fourth-order valence-corrected chi connectivity index (χ4v) is 2.15. The van der Waals surface area contributed by atoms with Crippen molar-refractivity contribution >= 4 is 17.3 Å². The third kappa shape index (κ3) is 2.79. The van der Waals surface area contributed by atoms with E-state index in [1.165, 1.54) is 6.07 Å². The molecule has 0 saturated heterocycles. The van der Waals surface area contributed by atoms with Gasteiger partial charge in [0.05, 0.1) is 5.88 Å². The first-order valence-corrected chi connectivity index (χ1v) is 6.19. The van der Waals surface area contributed by atoms with Crippen LogP contribution in [0.4, 0.5) is 10.1 Å². The molecule has 2 nitrogen and oxygen atoms in total. The third-order valence-electron chi connectivity index (χ3n) is 2.78. The monoisotopic (exact) mass is 264 g/mol. The molecule has 0 aliphatic heterocycles. The average molecular weight is 265 g/mol. The van der Waals surface area contributed by atoms with Crippen LogP contribution in [-0.2, 0) is 12.4 Å². The van der Waals surface area contributed by atoms with Crippen LogP contribution >= 0.6 is 11.6 Å². The normalized spacial score (nSPS) is 10.4. The molecule has 0 atom stereocenters. The summed E-state index contributed by atoms with van der Waals surface area (Å²) in [6.45, 7) is 0.668. The highest BCUT2D eigenvalue weighted by Gasteiger charge is 2.11. The fraction of sp³-hybridized carbons (Fsp3) is 0.214. The van der Waals surface area contributed by atoms with Crippen LogP contribution < -0.4 is 4.90 Å². The number of aromatic nitrogens is 1. The van der Waals surface area contributed by atoms with Crippen LogP contribution in [-0.4, -0.2) is 12.0 Å². The molecule has 0 unspecified atom stereocenters. The maximum absolute atomic E-state index is 13.6. The zero-order valence-corrected chi connectivity index (χ0v) is 10.9. The van der Waals surface area contributed by atoms with Crippen molar-refractivity contribution in [2.75, 3.05) is 11.9 Å². The number of nitrogens with zero attached hydrogens (tertiary/aromatic N) is 2. The van der Waals surface area contributed by atoms with Gasteiger partial charge in [0.15, 0.2) is 0 Å². The summed E-state index contributed by atoms with van der Waals surface area (Å²) in [5, 5.41) is 0. The predicted molar refractivity (Wildman–Crippen MR) is 72.3 cm³/mol. The van der Waals surface area contributed by atoms with Gasteiger partial charge in [-0.2, -0.15) is 0 Å². The second-order valence-corrected chi connectivity index (χ2v) is 4.36. The lowest BCUT2D eigenvalue weighted by atomic mass is 10.1. The highest BCUT2D eigenvalue weighted by atomic mass is 35.5. The lowest BCUT2D eigenvalue weighted by molar-refractivity contribution is 0.616. The maximum Gasteiger partial charge on any atom is 0.129 e. The topological polar surface area (TPSA) is 16.1 Å². The molecule has 18 heavy (non-hydrogen) atoms. The largest absolute Gasteiger partial charge is 0.370 e. The molecule has 0 aliphatic carbocycles. The number of rotatable bonds is 4. The van der Waals surface area contributed by atoms with E-state index in [0.717, 1.165) is 11.3 Å². The van der Waals surface area contributed by atoms with Crippen LogP contribution in [0.1, 0.15) is 11.1 Å². The molecule has 2 rings (SSSR count). The zero-order chi connectivity index (χ0) is 13.0. The van der Waals surface area contributed by atoms with E-state index in [1.807, 2.05) is 30.1 Å². The number of hydrogen-bond acceptors (Lipinski definition) is 2. The summed E-state index contributed by atoms with van der Waals surface area (Å²) in [5.41, 5.74) is 2.42. The van der Waals surface area contributed by atoms with Crippen LogP contribution in [0, 0.1) is 5.82 Å². The lowest BCUT2D eigenvalue weighted by Gasteiger charge is -2.22. The van der Waals surface area contributed by atoms with Crippen molar-refractivity contribution in [3.05, 3.63) is 59.7 Å². The zero-order valence-electron chi connectivity index (χ0n) is 10.1. The molecule has 0 amide bonds. The molecule has 2 aromatic rings. The van der Waals surface area contributed by atoms with Crippen LogP contribution in [0.15, 0.2) is 42.7 Å². The van der Waals surface area contributed by atoms with E-state index in [4.69, 9.17) is 11.6 Å². The van der Waals surface area contributed by atoms with E-state index in [1.54, 1.807) is 18.5 Å². The molecule has 94 valence electrons. The molecular weight excluding hydrogens is 251 g/mol. The second kappa shape index (κ2) is 5.83. The Morgan fingerprint density at radius 3 is 2.78 bits per heavy atom. The quantitative estimate of drug-likeness (QED) is 0.785. The molecule has 0 spiro atoms. The van der Waals surface area contributed by atoms with E-state index < -0.39 is 0 Å². The van der Waals surface area contributed by atoms with Crippen LogP contribution in [0.2, 0.25) is 0 Å². The minimum Gasteiger partial charge on any atom is -0.370 e. The van der Waals surface area contributed by atoms with E-state index in [0.29, 0.717) is 12.1 Å². The lowest BCUT2D eigenvalue weighted by Crippen LogP contribution is -2.18. The van der Waals surface area contributed by atoms with Crippen molar-refractivity contribution in [1.82, 2.24) is 4.98 Å². The second-order valence-electron chi connectivity index (χ2n) is 4.09. The molecule has 0 N–H and O–H groups in total. The van der Waals surface area contributed by atoms with Gasteiger partial charge in [0.1, 0.15) is 5.82 Å². The van der Waals surface area contributed by atoms with Crippen LogP contribution in [0.3, 0.4) is 0 Å². The van der Waals surface area contributed by atoms with Crippen molar-refractivity contribution in [3.8, 4) is 0 Å². The highest BCUT2D eigenvalue weighted by Crippen LogP contribution is 2.25. The van der Waals surface area contributed by atoms with Crippen molar-refractivity contribution in [3.63, 3.8) is 0 Å². The van der Waals surface area contributed by atoms with Crippen molar-refractivity contribution in [1.29, 1.82) is 0 Å². The van der Waals surface area contributed by atoms with E-state index >= 15 is 0 Å². The standard InChI is InChI=1S/C14H14ClFN2/c1-18(10-11-4-3-7-17-9-11)14-6-2-5-13(16)12(14)8-15/h2-7,9H,8,10H2,1H3. The van der Waals surface area contributed by atoms with Gasteiger partial charge in [-0.15, -0.1) is 11.6 Å². The average Bonchev–Trinajstić information content (AvgIpc) is 2.39. The van der Waals surface area contributed by atoms with Gasteiger partial charge < -0.3 is 4.90 Å². The Labute approximate surface area is 111 Å². The number of anilines is 1. The number of hydrogen-bond donors (Lipinski definition) is 0. The molecular formula is C14H14ClFN2. The van der Waals surface area contributed by atoms with Gasteiger partial charge in [-0.1, -0.05) is 12.1 Å². The minimum absolute atomic E-state index is 0.166. The molecule has 1 aromatic heterocycles. The Kier molecular flexibility index (Phi) is 4.15. The number of halogens is 2. The SMILES string of the molecule is CN(Cc1cccnc1)c1cccc(F)c1CCl. The van der Waals surface area contributed by atoms with Crippen molar-refractivity contribution in [2.24, 2.45) is 0 Å². The molecule has 1 heterocycles. The highest BCUT2D eigenvalue weighted by molar-refractivity contribution is 6.17. The van der Waals surface area contributed by atoms with Gasteiger partial charge in [-0.05, 0) is 23.8 Å². The van der Waals surface area contributed by atoms with Gasteiger partial charge in [0.2, 0.25) is 0 Å². The van der Waals surface area contributed by atoms with Gasteiger partial charge in [-0.25, -0.2) is 4.39 Å². The summed E-state index contributed by atoms with van der Waals surface area (Å²) in [5.74, 6) is -0.0973. The number of benzene rings is 1. The fourth-order valence-electron chi connectivity index (χ4n) is 1.89. The Balaban J connectivity index is 2.24. The van der Waals surface area contributed by atoms with E-state index in [-0.39, 0.29) is 11.7 Å². The molecule has 0 bridgehead atoms. The van der Waals surface area contributed by atoms with Gasteiger partial charge >= 0.3 is 0 Å². The first kappa shape index (κ1) is 12.8. The van der Waals surface area contributed by atoms with Gasteiger partial charge in [0.25, 0.3) is 0 Å². The van der Waals surface area contributed by atoms with Gasteiger partial charge in [0, 0.05) is 37.2 Å². The summed E-state index contributed by atoms with van der Waals surface area (Å²) in [6.07, 6.45) is 3.53. The Morgan fingerprint density at radius 1 is 1.28 bits per heavy atom. The van der Waals surface area contributed by atoms with Crippen molar-refractivity contribution < 1.29 is 4.39 Å². The predicted octanol–water partition coefficient (Wildman–Crippen LogP) is 3.60. The van der Waals surface area contributed by atoms with Gasteiger partial charge in [-0.3, -0.25) is 4.98 Å². The van der Waals surface area contributed by atoms with Crippen molar-refractivity contribution in [2.45, 2.75) is 12.4 Å². The molecule has 0 aliphatic rings. The Bertz CT molecular complexity index is 516. The third-order valence-corrected chi connectivity index (χ3v) is 3.05. The van der Waals surface area contributed by atoms with Crippen LogP contribution in [0.25, 0.3) is 0 Å². The summed E-state index contributed by atoms with van der Waals surface area (Å²) in [6, 6.07) is 8.87. The number of pyridine rings is 1. The van der Waals surface area contributed by atoms with E-state index in [2.05, 4.69) is 4.98 Å². The Morgan fingerprint density at radius 2 is 2.11 bits per heavy atom. The first-order valence-electron chi connectivity index (χ1n) is 5.65. The minimum atomic E-state index is -0.263. The van der Waals surface area contributed by atoms with E-state index in [9.17, 15) is 4.39 Å². The summed E-state index contributed by atoms with van der Waals surface area (Å²) in [4.78, 5) is 6.03. The molecule has 1 aromatic carbocycles. The first-order chi connectivity index (χ1) is 8.72. The Hall–Kier alpha value is -1.61. The molecule has 0 radical (unpaired) electrons. The summed E-state index contributed by atoms with van der Waals surface area (Å²) < 4.78 is 13.6. The maximum atomic E-state index is 13.6. The molecule has 0 fully saturated rings. The van der Waals surface area contributed by atoms with Crippen LogP contribution in [0.5, 0.6) is 0 Å². The summed E-state index contributed by atoms with van der Waals surface area (Å²) in [7, 11) is 1.91.